The lowest BCUT2D eigenvalue weighted by Crippen LogP contribution is -2.41. The summed E-state index contributed by atoms with van der Waals surface area (Å²) in [5.74, 6) is 1.28. The number of pyridine rings is 1. The summed E-state index contributed by atoms with van der Waals surface area (Å²) < 4.78 is 43.8. The van der Waals surface area contributed by atoms with Gasteiger partial charge in [0, 0.05) is 38.4 Å². The van der Waals surface area contributed by atoms with E-state index >= 15 is 0 Å². The average Bonchev–Trinajstić information content (AvgIpc) is 2.73. The molecule has 1 amide bonds. The Labute approximate surface area is 168 Å². The van der Waals surface area contributed by atoms with Crippen LogP contribution in [-0.4, -0.2) is 49.6 Å². The number of aromatic nitrogens is 1. The van der Waals surface area contributed by atoms with Crippen molar-refractivity contribution in [1.29, 1.82) is 0 Å². The lowest BCUT2D eigenvalue weighted by Gasteiger charge is -2.34. The number of benzene rings is 1. The molecule has 2 aromatic rings. The molecule has 0 spiro atoms. The van der Waals surface area contributed by atoms with Crippen LogP contribution in [0.4, 0.5) is 19.0 Å². The van der Waals surface area contributed by atoms with Crippen LogP contribution in [0.2, 0.25) is 0 Å². The number of ether oxygens (including phenoxy) is 1. The molecule has 0 unspecified atom stereocenters. The van der Waals surface area contributed by atoms with E-state index in [2.05, 4.69) is 4.98 Å². The smallest absolute Gasteiger partial charge is 0.416 e. The maximum atomic E-state index is 12.9. The van der Waals surface area contributed by atoms with E-state index in [9.17, 15) is 18.0 Å². The van der Waals surface area contributed by atoms with Gasteiger partial charge in [0.25, 0.3) is 5.91 Å². The molecule has 1 aliphatic heterocycles. The van der Waals surface area contributed by atoms with Gasteiger partial charge in [-0.05, 0) is 55.2 Å². The fourth-order valence-corrected chi connectivity index (χ4v) is 3.52. The monoisotopic (exact) mass is 407 g/mol. The Hall–Kier alpha value is -2.77. The van der Waals surface area contributed by atoms with Crippen LogP contribution >= 0.6 is 0 Å². The van der Waals surface area contributed by atoms with Gasteiger partial charge >= 0.3 is 6.18 Å². The number of hydrogen-bond acceptors (Lipinski definition) is 4. The van der Waals surface area contributed by atoms with Crippen molar-refractivity contribution in [3.8, 4) is 5.75 Å². The predicted octanol–water partition coefficient (Wildman–Crippen LogP) is 4.10. The Bertz CT molecular complexity index is 832. The highest BCUT2D eigenvalue weighted by Crippen LogP contribution is 2.31. The second-order valence-corrected chi connectivity index (χ2v) is 7.25. The van der Waals surface area contributed by atoms with Crippen molar-refractivity contribution in [2.45, 2.75) is 19.0 Å². The zero-order chi connectivity index (χ0) is 21.0. The number of halogens is 3. The minimum atomic E-state index is -4.38. The number of carbonyl (C=O) groups excluding carboxylic acids is 1. The van der Waals surface area contributed by atoms with Crippen molar-refractivity contribution >= 4 is 11.7 Å². The van der Waals surface area contributed by atoms with Crippen molar-refractivity contribution < 1.29 is 22.7 Å². The van der Waals surface area contributed by atoms with Crippen molar-refractivity contribution in [3.63, 3.8) is 0 Å². The summed E-state index contributed by atoms with van der Waals surface area (Å²) >= 11 is 0. The van der Waals surface area contributed by atoms with Crippen LogP contribution < -0.4 is 9.64 Å². The van der Waals surface area contributed by atoms with Crippen molar-refractivity contribution in [2.24, 2.45) is 5.92 Å². The molecular weight excluding hydrogens is 383 g/mol. The number of methoxy groups -OCH3 is 1. The van der Waals surface area contributed by atoms with E-state index in [1.165, 1.54) is 6.20 Å². The molecule has 0 aliphatic carbocycles. The molecule has 0 N–H and O–H groups in total. The molecule has 156 valence electrons. The first-order chi connectivity index (χ1) is 13.8. The number of likely N-dealkylation sites (tertiary alicyclic amines) is 1. The summed E-state index contributed by atoms with van der Waals surface area (Å²) in [7, 11) is 3.32. The molecule has 1 saturated heterocycles. The summed E-state index contributed by atoms with van der Waals surface area (Å²) in [5.41, 5.74) is -0.0798. The van der Waals surface area contributed by atoms with E-state index < -0.39 is 11.7 Å². The highest BCUT2D eigenvalue weighted by Gasteiger charge is 2.31. The fourth-order valence-electron chi connectivity index (χ4n) is 3.52. The van der Waals surface area contributed by atoms with Crippen LogP contribution in [0.1, 0.15) is 28.8 Å². The maximum absolute atomic E-state index is 12.9. The van der Waals surface area contributed by atoms with Gasteiger partial charge in [-0.15, -0.1) is 0 Å². The van der Waals surface area contributed by atoms with E-state index in [0.717, 1.165) is 25.0 Å². The molecule has 2 heterocycles. The predicted molar refractivity (Wildman–Crippen MR) is 104 cm³/mol. The van der Waals surface area contributed by atoms with Gasteiger partial charge in [0.1, 0.15) is 11.6 Å². The van der Waals surface area contributed by atoms with Crippen molar-refractivity contribution in [2.75, 3.05) is 38.7 Å². The zero-order valence-corrected chi connectivity index (χ0v) is 16.4. The van der Waals surface area contributed by atoms with Gasteiger partial charge in [-0.1, -0.05) is 0 Å². The number of amides is 1. The molecule has 0 atom stereocenters. The van der Waals surface area contributed by atoms with Crippen LogP contribution in [0.25, 0.3) is 0 Å². The topological polar surface area (TPSA) is 45.7 Å². The molecule has 1 fully saturated rings. The number of anilines is 1. The van der Waals surface area contributed by atoms with Crippen molar-refractivity contribution in [3.05, 3.63) is 53.7 Å². The number of hydrogen-bond donors (Lipinski definition) is 0. The molecule has 1 aromatic carbocycles. The van der Waals surface area contributed by atoms with E-state index in [-0.39, 0.29) is 11.8 Å². The first-order valence-electron chi connectivity index (χ1n) is 9.45. The van der Waals surface area contributed by atoms with E-state index in [1.54, 1.807) is 43.3 Å². The van der Waals surface area contributed by atoms with Gasteiger partial charge in [-0.3, -0.25) is 4.79 Å². The fraction of sp³-hybridized carbons (Fsp3) is 0.429. The molecule has 0 radical (unpaired) electrons. The minimum absolute atomic E-state index is 0.0148. The summed E-state index contributed by atoms with van der Waals surface area (Å²) in [4.78, 5) is 20.3. The van der Waals surface area contributed by atoms with Crippen LogP contribution in [0.5, 0.6) is 5.75 Å². The number of alkyl halides is 3. The Morgan fingerprint density at radius 3 is 2.45 bits per heavy atom. The Balaban J connectivity index is 1.54. The third-order valence-electron chi connectivity index (χ3n) is 5.23. The zero-order valence-electron chi connectivity index (χ0n) is 16.4. The molecule has 1 aromatic heterocycles. The van der Waals surface area contributed by atoms with Crippen LogP contribution in [0.15, 0.2) is 42.6 Å². The first kappa shape index (κ1) is 21.0. The number of piperidine rings is 1. The van der Waals surface area contributed by atoms with Crippen LogP contribution in [0.3, 0.4) is 0 Å². The molecule has 3 rings (SSSR count). The Morgan fingerprint density at radius 1 is 1.21 bits per heavy atom. The third kappa shape index (κ3) is 5.19. The molecule has 8 heteroatoms. The van der Waals surface area contributed by atoms with E-state index in [0.29, 0.717) is 36.8 Å². The van der Waals surface area contributed by atoms with Gasteiger partial charge in [-0.25, -0.2) is 4.98 Å². The third-order valence-corrected chi connectivity index (χ3v) is 5.23. The van der Waals surface area contributed by atoms with Gasteiger partial charge in [0.05, 0.1) is 12.7 Å². The highest BCUT2D eigenvalue weighted by atomic mass is 19.4. The summed E-state index contributed by atoms with van der Waals surface area (Å²) in [6, 6.07) is 9.07. The first-order valence-corrected chi connectivity index (χ1v) is 9.45. The minimum Gasteiger partial charge on any atom is -0.497 e. The van der Waals surface area contributed by atoms with Gasteiger partial charge in [0.2, 0.25) is 0 Å². The summed E-state index contributed by atoms with van der Waals surface area (Å²) in [5, 5.41) is 0. The SMILES string of the molecule is COc1ccc(C(=O)N2CCC(CN(C)c3cc(C(F)(F)F)ccn3)CC2)cc1. The molecule has 0 saturated carbocycles. The molecule has 1 aliphatic rings. The Kier molecular flexibility index (Phi) is 6.30. The maximum Gasteiger partial charge on any atom is 0.416 e. The van der Waals surface area contributed by atoms with E-state index in [4.69, 9.17) is 4.74 Å². The highest BCUT2D eigenvalue weighted by molar-refractivity contribution is 5.94. The quantitative estimate of drug-likeness (QED) is 0.749. The van der Waals surface area contributed by atoms with Gasteiger partial charge in [-0.2, -0.15) is 13.2 Å². The summed E-state index contributed by atoms with van der Waals surface area (Å²) in [6.45, 7) is 1.84. The van der Waals surface area contributed by atoms with Gasteiger partial charge in [0.15, 0.2) is 0 Å². The van der Waals surface area contributed by atoms with Crippen LogP contribution in [0, 0.1) is 5.92 Å². The molecular formula is C21H24F3N3O2. The number of carbonyl (C=O) groups is 1. The van der Waals surface area contributed by atoms with Crippen molar-refractivity contribution in [1.82, 2.24) is 9.88 Å². The number of nitrogens with zero attached hydrogens (tertiary/aromatic N) is 3. The average molecular weight is 407 g/mol. The second-order valence-electron chi connectivity index (χ2n) is 7.25. The van der Waals surface area contributed by atoms with E-state index in [1.807, 2.05) is 4.90 Å². The molecule has 5 nitrogen and oxygen atoms in total. The lowest BCUT2D eigenvalue weighted by atomic mass is 9.95. The summed E-state index contributed by atoms with van der Waals surface area (Å²) in [6.07, 6.45) is -1.60. The molecule has 0 bridgehead atoms. The van der Waals surface area contributed by atoms with Crippen LogP contribution in [-0.2, 0) is 6.18 Å². The largest absolute Gasteiger partial charge is 0.497 e. The standard InChI is InChI=1S/C21H24F3N3O2/c1-26(19-13-17(7-10-25-19)21(22,23)24)14-15-8-11-27(12-9-15)20(28)16-3-5-18(29-2)6-4-16/h3-7,10,13,15H,8-9,11-12,14H2,1-2H3. The second kappa shape index (κ2) is 8.71. The molecule has 29 heavy (non-hydrogen) atoms. The number of rotatable bonds is 5. The van der Waals surface area contributed by atoms with Gasteiger partial charge < -0.3 is 14.5 Å². The Morgan fingerprint density at radius 2 is 1.86 bits per heavy atom. The normalized spacial score (nSPS) is 15.3. The lowest BCUT2D eigenvalue weighted by molar-refractivity contribution is -0.137.